The summed E-state index contributed by atoms with van der Waals surface area (Å²) >= 11 is 0. The van der Waals surface area contributed by atoms with Crippen molar-refractivity contribution in [2.45, 2.75) is 45.2 Å². The van der Waals surface area contributed by atoms with Crippen LogP contribution in [0.3, 0.4) is 0 Å². The van der Waals surface area contributed by atoms with E-state index in [0.29, 0.717) is 24.9 Å². The van der Waals surface area contributed by atoms with Crippen LogP contribution in [0.4, 0.5) is 5.69 Å². The number of carbonyl (C=O) groups is 1. The number of guanidine groups is 1. The highest BCUT2D eigenvalue weighted by Gasteiger charge is 2.28. The van der Waals surface area contributed by atoms with E-state index in [9.17, 15) is 4.79 Å². The summed E-state index contributed by atoms with van der Waals surface area (Å²) in [5, 5.41) is 3.51. The summed E-state index contributed by atoms with van der Waals surface area (Å²) in [5.74, 6) is 1.78. The average molecular weight is 536 g/mol. The highest BCUT2D eigenvalue weighted by atomic mass is 127. The molecule has 0 spiro atoms. The van der Waals surface area contributed by atoms with Crippen molar-refractivity contribution in [1.82, 2.24) is 19.8 Å². The molecule has 1 N–H and O–H groups in total. The molecule has 7 nitrogen and oxygen atoms in total. The van der Waals surface area contributed by atoms with Gasteiger partial charge >= 0.3 is 0 Å². The molecular formula is C23H33IN6O. The molecule has 0 bridgehead atoms. The third kappa shape index (κ3) is 5.58. The second-order valence-corrected chi connectivity index (χ2v) is 8.36. The Morgan fingerprint density at radius 2 is 2.03 bits per heavy atom. The fraction of sp³-hybridized carbons (Fsp3) is 0.522. The first-order valence-corrected chi connectivity index (χ1v) is 11.0. The topological polar surface area (TPSA) is 65.8 Å². The van der Waals surface area contributed by atoms with Gasteiger partial charge in [-0.1, -0.05) is 19.1 Å². The Balaban J connectivity index is 0.00000272. The Morgan fingerprint density at radius 1 is 1.23 bits per heavy atom. The minimum absolute atomic E-state index is 0. The summed E-state index contributed by atoms with van der Waals surface area (Å²) in [4.78, 5) is 25.1. The van der Waals surface area contributed by atoms with E-state index >= 15 is 0 Å². The molecule has 1 aromatic carbocycles. The van der Waals surface area contributed by atoms with E-state index in [1.54, 1.807) is 0 Å². The number of nitrogens with one attached hydrogen (secondary N) is 1. The zero-order valence-electron chi connectivity index (χ0n) is 18.4. The van der Waals surface area contributed by atoms with Gasteiger partial charge in [-0.15, -0.1) is 24.0 Å². The SMILES string of the molecule is CN=C(NCc1ccc(N2CCCCC2=O)cc1)N1CCC(C)C(n2ccnc2)C1.I. The lowest BCUT2D eigenvalue weighted by Crippen LogP contribution is -2.48. The van der Waals surface area contributed by atoms with Crippen molar-refractivity contribution >= 4 is 41.5 Å². The molecule has 3 heterocycles. The molecule has 2 aliphatic heterocycles. The number of nitrogens with zero attached hydrogens (tertiary/aromatic N) is 5. The van der Waals surface area contributed by atoms with Crippen molar-refractivity contribution in [3.8, 4) is 0 Å². The molecule has 8 heteroatoms. The van der Waals surface area contributed by atoms with Gasteiger partial charge in [-0.25, -0.2) is 4.98 Å². The average Bonchev–Trinajstić information content (AvgIpc) is 3.31. The van der Waals surface area contributed by atoms with Crippen LogP contribution in [-0.4, -0.2) is 53.0 Å². The maximum absolute atomic E-state index is 12.1. The smallest absolute Gasteiger partial charge is 0.226 e. The second-order valence-electron chi connectivity index (χ2n) is 8.36. The number of anilines is 1. The molecule has 1 amide bonds. The Hall–Kier alpha value is -2.10. The van der Waals surface area contributed by atoms with Gasteiger partial charge in [0, 0.05) is 57.7 Å². The van der Waals surface area contributed by atoms with E-state index in [0.717, 1.165) is 50.5 Å². The molecular weight excluding hydrogens is 503 g/mol. The summed E-state index contributed by atoms with van der Waals surface area (Å²) in [6.07, 6.45) is 9.69. The highest BCUT2D eigenvalue weighted by Crippen LogP contribution is 2.27. The van der Waals surface area contributed by atoms with Gasteiger partial charge in [0.05, 0.1) is 12.4 Å². The summed E-state index contributed by atoms with van der Waals surface area (Å²) in [7, 11) is 1.84. The number of rotatable bonds is 4. The van der Waals surface area contributed by atoms with Crippen LogP contribution in [0.1, 0.15) is 44.2 Å². The van der Waals surface area contributed by atoms with Crippen LogP contribution in [0, 0.1) is 5.92 Å². The van der Waals surface area contributed by atoms with Gasteiger partial charge in [0.1, 0.15) is 0 Å². The fourth-order valence-corrected chi connectivity index (χ4v) is 4.48. The third-order valence-electron chi connectivity index (χ3n) is 6.36. The predicted octanol–water partition coefficient (Wildman–Crippen LogP) is 3.68. The van der Waals surface area contributed by atoms with Crippen molar-refractivity contribution < 1.29 is 4.79 Å². The Morgan fingerprint density at radius 3 is 2.71 bits per heavy atom. The molecule has 31 heavy (non-hydrogen) atoms. The zero-order chi connectivity index (χ0) is 20.9. The third-order valence-corrected chi connectivity index (χ3v) is 6.36. The molecule has 2 fully saturated rings. The Kier molecular flexibility index (Phi) is 8.34. The lowest BCUT2D eigenvalue weighted by Gasteiger charge is -2.39. The van der Waals surface area contributed by atoms with Gasteiger partial charge in [-0.3, -0.25) is 9.79 Å². The first kappa shape index (κ1) is 23.6. The number of hydrogen-bond donors (Lipinski definition) is 1. The first-order valence-electron chi connectivity index (χ1n) is 11.0. The predicted molar refractivity (Wildman–Crippen MR) is 135 cm³/mol. The minimum atomic E-state index is 0. The number of imidazole rings is 1. The summed E-state index contributed by atoms with van der Waals surface area (Å²) < 4.78 is 2.21. The monoisotopic (exact) mass is 536 g/mol. The number of carbonyl (C=O) groups excluding carboxylic acids is 1. The van der Waals surface area contributed by atoms with Gasteiger partial charge in [-0.05, 0) is 42.9 Å². The number of aliphatic imine (C=N–C) groups is 1. The standard InChI is InChI=1S/C23H32N6O.HI/c1-18-10-13-27(16-21(18)28-14-11-25-17-28)23(24-2)26-15-19-6-8-20(9-7-19)29-12-4-3-5-22(29)30;/h6-9,11,14,17-18,21H,3-5,10,12-13,15-16H2,1-2H3,(H,24,26);1H. The molecule has 1 aromatic heterocycles. The number of amides is 1. The molecule has 2 atom stereocenters. The van der Waals surface area contributed by atoms with Crippen LogP contribution in [-0.2, 0) is 11.3 Å². The summed E-state index contributed by atoms with van der Waals surface area (Å²) in [6, 6.07) is 8.72. The number of halogens is 1. The van der Waals surface area contributed by atoms with Crippen LogP contribution in [0.25, 0.3) is 0 Å². The van der Waals surface area contributed by atoms with Crippen molar-refractivity contribution in [3.05, 3.63) is 48.5 Å². The Bertz CT molecular complexity index is 867. The van der Waals surface area contributed by atoms with E-state index in [-0.39, 0.29) is 29.9 Å². The lowest BCUT2D eigenvalue weighted by atomic mass is 9.93. The van der Waals surface area contributed by atoms with Crippen LogP contribution >= 0.6 is 24.0 Å². The van der Waals surface area contributed by atoms with Crippen molar-refractivity contribution in [2.24, 2.45) is 10.9 Å². The van der Waals surface area contributed by atoms with Gasteiger partial charge < -0.3 is 19.7 Å². The van der Waals surface area contributed by atoms with Crippen LogP contribution in [0.2, 0.25) is 0 Å². The largest absolute Gasteiger partial charge is 0.352 e. The van der Waals surface area contributed by atoms with Crippen molar-refractivity contribution in [2.75, 3.05) is 31.6 Å². The summed E-state index contributed by atoms with van der Waals surface area (Å²) in [5.41, 5.74) is 2.18. The van der Waals surface area contributed by atoms with Crippen molar-refractivity contribution in [3.63, 3.8) is 0 Å². The second kappa shape index (κ2) is 11.0. The van der Waals surface area contributed by atoms with Crippen LogP contribution in [0.5, 0.6) is 0 Å². The molecule has 2 unspecified atom stereocenters. The molecule has 2 aliphatic rings. The van der Waals surface area contributed by atoms with Gasteiger partial charge in [0.15, 0.2) is 5.96 Å². The van der Waals surface area contributed by atoms with E-state index in [4.69, 9.17) is 0 Å². The molecule has 168 valence electrons. The van der Waals surface area contributed by atoms with E-state index in [2.05, 4.69) is 62.1 Å². The molecule has 2 saturated heterocycles. The maximum Gasteiger partial charge on any atom is 0.226 e. The first-order chi connectivity index (χ1) is 14.7. The number of likely N-dealkylation sites (tertiary alicyclic amines) is 1. The van der Waals surface area contributed by atoms with E-state index in [1.165, 1.54) is 5.56 Å². The molecule has 4 rings (SSSR count). The number of aromatic nitrogens is 2. The van der Waals surface area contributed by atoms with E-state index in [1.807, 2.05) is 24.5 Å². The number of hydrogen-bond acceptors (Lipinski definition) is 3. The minimum Gasteiger partial charge on any atom is -0.352 e. The lowest BCUT2D eigenvalue weighted by molar-refractivity contribution is -0.119. The highest BCUT2D eigenvalue weighted by molar-refractivity contribution is 14.0. The molecule has 2 aromatic rings. The molecule has 0 radical (unpaired) electrons. The van der Waals surface area contributed by atoms with Gasteiger partial charge in [-0.2, -0.15) is 0 Å². The molecule has 0 aliphatic carbocycles. The van der Waals surface area contributed by atoms with E-state index < -0.39 is 0 Å². The zero-order valence-corrected chi connectivity index (χ0v) is 20.7. The van der Waals surface area contributed by atoms with Crippen LogP contribution in [0.15, 0.2) is 48.0 Å². The maximum atomic E-state index is 12.1. The Labute approximate surface area is 201 Å². The number of piperidine rings is 2. The molecule has 0 saturated carbocycles. The van der Waals surface area contributed by atoms with Gasteiger partial charge in [0.2, 0.25) is 5.91 Å². The quantitative estimate of drug-likeness (QED) is 0.368. The number of benzene rings is 1. The summed E-state index contributed by atoms with van der Waals surface area (Å²) in [6.45, 7) is 5.78. The van der Waals surface area contributed by atoms with Crippen molar-refractivity contribution in [1.29, 1.82) is 0 Å². The van der Waals surface area contributed by atoms with Gasteiger partial charge in [0.25, 0.3) is 0 Å². The normalized spacial score (nSPS) is 22.3. The van der Waals surface area contributed by atoms with Crippen LogP contribution < -0.4 is 10.2 Å². The fourth-order valence-electron chi connectivity index (χ4n) is 4.48.